The zero-order valence-corrected chi connectivity index (χ0v) is 9.96. The van der Waals surface area contributed by atoms with Crippen LogP contribution >= 0.6 is 27.5 Å². The van der Waals surface area contributed by atoms with Crippen molar-refractivity contribution < 1.29 is 4.92 Å². The van der Waals surface area contributed by atoms with Gasteiger partial charge in [0.1, 0.15) is 0 Å². The van der Waals surface area contributed by atoms with Gasteiger partial charge in [-0.25, -0.2) is 0 Å². The first kappa shape index (κ1) is 11.3. The highest BCUT2D eigenvalue weighted by molar-refractivity contribution is 9.10. The number of nitrogens with zero attached hydrogens (tertiary/aromatic N) is 2. The molecule has 0 amide bonds. The van der Waals surface area contributed by atoms with E-state index in [1.165, 1.54) is 12.1 Å². The lowest BCUT2D eigenvalue weighted by atomic mass is 10.2. The molecule has 4 nitrogen and oxygen atoms in total. The fourth-order valence-electron chi connectivity index (χ4n) is 1.08. The SMILES string of the molecule is CN(C)c1c(Cl)cc([N+](=O)[O-])cc1Br. The van der Waals surface area contributed by atoms with Gasteiger partial charge >= 0.3 is 0 Å². The predicted octanol–water partition coefficient (Wildman–Crippen LogP) is 3.08. The zero-order chi connectivity index (χ0) is 10.9. The molecule has 76 valence electrons. The van der Waals surface area contributed by atoms with Gasteiger partial charge < -0.3 is 4.90 Å². The number of nitro benzene ring substituents is 1. The summed E-state index contributed by atoms with van der Waals surface area (Å²) in [5.74, 6) is 0. The third-order valence-corrected chi connectivity index (χ3v) is 2.55. The Morgan fingerprint density at radius 2 is 2.07 bits per heavy atom. The van der Waals surface area contributed by atoms with Gasteiger partial charge in [-0.15, -0.1) is 0 Å². The Kier molecular flexibility index (Phi) is 3.34. The van der Waals surface area contributed by atoms with Crippen molar-refractivity contribution in [2.24, 2.45) is 0 Å². The fourth-order valence-corrected chi connectivity index (χ4v) is 2.38. The van der Waals surface area contributed by atoms with Crippen LogP contribution in [0.15, 0.2) is 16.6 Å². The van der Waals surface area contributed by atoms with Gasteiger partial charge in [0, 0.05) is 30.7 Å². The summed E-state index contributed by atoms with van der Waals surface area (Å²) in [4.78, 5) is 11.8. The van der Waals surface area contributed by atoms with Crippen LogP contribution in [0.5, 0.6) is 0 Å². The summed E-state index contributed by atoms with van der Waals surface area (Å²) in [6, 6.07) is 2.77. The van der Waals surface area contributed by atoms with Gasteiger partial charge in [-0.1, -0.05) is 11.6 Å². The Bertz CT molecular complexity index is 359. The van der Waals surface area contributed by atoms with Crippen molar-refractivity contribution >= 4 is 38.9 Å². The van der Waals surface area contributed by atoms with Crippen LogP contribution in [0.2, 0.25) is 5.02 Å². The highest BCUT2D eigenvalue weighted by Crippen LogP contribution is 2.36. The molecule has 0 bridgehead atoms. The minimum absolute atomic E-state index is 0.0209. The second-order valence-electron chi connectivity index (χ2n) is 2.91. The van der Waals surface area contributed by atoms with Gasteiger partial charge in [0.25, 0.3) is 5.69 Å². The predicted molar refractivity (Wildman–Crippen MR) is 60.1 cm³/mol. The van der Waals surface area contributed by atoms with E-state index >= 15 is 0 Å². The number of hydrogen-bond acceptors (Lipinski definition) is 3. The number of benzene rings is 1. The quantitative estimate of drug-likeness (QED) is 0.617. The Morgan fingerprint density at radius 1 is 1.50 bits per heavy atom. The molecule has 0 radical (unpaired) electrons. The molecule has 0 fully saturated rings. The second kappa shape index (κ2) is 4.14. The Hall–Kier alpha value is -0.810. The topological polar surface area (TPSA) is 46.4 Å². The Labute approximate surface area is 94.7 Å². The van der Waals surface area contributed by atoms with E-state index in [1.54, 1.807) is 4.90 Å². The molecule has 6 heteroatoms. The first-order valence-electron chi connectivity index (χ1n) is 3.74. The van der Waals surface area contributed by atoms with Gasteiger partial charge in [0.15, 0.2) is 0 Å². The van der Waals surface area contributed by atoms with E-state index in [-0.39, 0.29) is 5.69 Å². The Morgan fingerprint density at radius 3 is 2.43 bits per heavy atom. The molecule has 0 saturated carbocycles. The van der Waals surface area contributed by atoms with Gasteiger partial charge in [-0.2, -0.15) is 0 Å². The summed E-state index contributed by atoms with van der Waals surface area (Å²) in [6.07, 6.45) is 0. The molecule has 1 aromatic rings. The number of rotatable bonds is 2. The van der Waals surface area contributed by atoms with E-state index in [0.29, 0.717) is 9.50 Å². The normalized spacial score (nSPS) is 10.0. The molecule has 0 spiro atoms. The van der Waals surface area contributed by atoms with E-state index in [1.807, 2.05) is 14.1 Å². The summed E-state index contributed by atoms with van der Waals surface area (Å²) in [7, 11) is 3.63. The van der Waals surface area contributed by atoms with Crippen LogP contribution in [0, 0.1) is 10.1 Å². The molecule has 14 heavy (non-hydrogen) atoms. The van der Waals surface area contributed by atoms with Crippen molar-refractivity contribution in [2.75, 3.05) is 19.0 Å². The molecular formula is C8H8BrClN2O2. The van der Waals surface area contributed by atoms with Crippen molar-refractivity contribution in [3.05, 3.63) is 31.7 Å². The maximum Gasteiger partial charge on any atom is 0.272 e. The molecule has 0 N–H and O–H groups in total. The number of anilines is 1. The third-order valence-electron chi connectivity index (χ3n) is 1.66. The molecule has 0 heterocycles. The van der Waals surface area contributed by atoms with Crippen LogP contribution in [0.1, 0.15) is 0 Å². The van der Waals surface area contributed by atoms with E-state index in [4.69, 9.17) is 11.6 Å². The second-order valence-corrected chi connectivity index (χ2v) is 4.17. The highest BCUT2D eigenvalue weighted by Gasteiger charge is 2.14. The van der Waals surface area contributed by atoms with Crippen molar-refractivity contribution in [3.63, 3.8) is 0 Å². The fraction of sp³-hybridized carbons (Fsp3) is 0.250. The summed E-state index contributed by atoms with van der Waals surface area (Å²) in [6.45, 7) is 0. The molecule has 0 atom stereocenters. The van der Waals surface area contributed by atoms with Crippen LogP contribution < -0.4 is 4.90 Å². The van der Waals surface area contributed by atoms with Gasteiger partial charge in [-0.3, -0.25) is 10.1 Å². The van der Waals surface area contributed by atoms with Gasteiger partial charge in [0.05, 0.1) is 15.6 Å². The van der Waals surface area contributed by atoms with Crippen LogP contribution in [0.3, 0.4) is 0 Å². The standard InChI is InChI=1S/C8H8BrClN2O2/c1-11(2)8-6(9)3-5(12(13)14)4-7(8)10/h3-4H,1-2H3. The lowest BCUT2D eigenvalue weighted by molar-refractivity contribution is -0.384. The maximum absolute atomic E-state index is 10.5. The minimum atomic E-state index is -0.476. The average Bonchev–Trinajstić information content (AvgIpc) is 2.01. The summed E-state index contributed by atoms with van der Waals surface area (Å²) in [5, 5.41) is 10.9. The van der Waals surface area contributed by atoms with Gasteiger partial charge in [0.2, 0.25) is 0 Å². The third kappa shape index (κ3) is 2.16. The van der Waals surface area contributed by atoms with E-state index in [2.05, 4.69) is 15.9 Å². The molecule has 1 aromatic carbocycles. The van der Waals surface area contributed by atoms with E-state index < -0.39 is 4.92 Å². The van der Waals surface area contributed by atoms with Crippen molar-refractivity contribution in [1.82, 2.24) is 0 Å². The lowest BCUT2D eigenvalue weighted by Crippen LogP contribution is -2.10. The molecule has 0 unspecified atom stereocenters. The van der Waals surface area contributed by atoms with Crippen molar-refractivity contribution in [3.8, 4) is 0 Å². The van der Waals surface area contributed by atoms with Crippen LogP contribution in [0.25, 0.3) is 0 Å². The zero-order valence-electron chi connectivity index (χ0n) is 7.62. The Balaban J connectivity index is 3.32. The van der Waals surface area contributed by atoms with E-state index in [0.717, 1.165) is 5.69 Å². The van der Waals surface area contributed by atoms with Gasteiger partial charge in [-0.05, 0) is 15.9 Å². The van der Waals surface area contributed by atoms with Crippen LogP contribution in [-0.4, -0.2) is 19.0 Å². The summed E-state index contributed by atoms with van der Waals surface area (Å²) in [5.41, 5.74) is 0.713. The minimum Gasteiger partial charge on any atom is -0.376 e. The number of hydrogen-bond donors (Lipinski definition) is 0. The number of halogens is 2. The van der Waals surface area contributed by atoms with Crippen LogP contribution in [-0.2, 0) is 0 Å². The molecule has 0 aliphatic carbocycles. The average molecular weight is 280 g/mol. The lowest BCUT2D eigenvalue weighted by Gasteiger charge is -2.15. The first-order chi connectivity index (χ1) is 6.43. The monoisotopic (exact) mass is 278 g/mol. The first-order valence-corrected chi connectivity index (χ1v) is 4.91. The summed E-state index contributed by atoms with van der Waals surface area (Å²) < 4.78 is 0.613. The number of non-ortho nitro benzene ring substituents is 1. The molecular weight excluding hydrogens is 271 g/mol. The molecule has 0 saturated heterocycles. The highest BCUT2D eigenvalue weighted by atomic mass is 79.9. The summed E-state index contributed by atoms with van der Waals surface area (Å²) >= 11 is 9.13. The number of nitro groups is 1. The molecule has 0 aliphatic rings. The van der Waals surface area contributed by atoms with Crippen molar-refractivity contribution in [2.45, 2.75) is 0 Å². The molecule has 1 rings (SSSR count). The molecule has 0 aliphatic heterocycles. The van der Waals surface area contributed by atoms with Crippen LogP contribution in [0.4, 0.5) is 11.4 Å². The molecule has 0 aromatic heterocycles. The smallest absolute Gasteiger partial charge is 0.272 e. The maximum atomic E-state index is 10.5. The largest absolute Gasteiger partial charge is 0.376 e. The van der Waals surface area contributed by atoms with Crippen molar-refractivity contribution in [1.29, 1.82) is 0 Å². The van der Waals surface area contributed by atoms with E-state index in [9.17, 15) is 10.1 Å².